The molecule has 0 N–H and O–H groups in total. The smallest absolute Gasteiger partial charge is 0.375 e. The van der Waals surface area contributed by atoms with E-state index in [1.165, 1.54) is 23.4 Å². The summed E-state index contributed by atoms with van der Waals surface area (Å²) in [6.45, 7) is 20.8. The molecule has 0 amide bonds. The number of rotatable bonds is 8. The van der Waals surface area contributed by atoms with Gasteiger partial charge in [-0.15, -0.1) is 5.92 Å². The topological polar surface area (TPSA) is 9.23 Å². The van der Waals surface area contributed by atoms with Crippen molar-refractivity contribution in [3.05, 3.63) is 0 Å². The first-order valence-corrected chi connectivity index (χ1v) is 14.3. The highest BCUT2D eigenvalue weighted by Gasteiger charge is 2.42. The Morgan fingerprint density at radius 1 is 1.00 bits per heavy atom. The van der Waals surface area contributed by atoms with Gasteiger partial charge in [-0.2, -0.15) is 0 Å². The van der Waals surface area contributed by atoms with Crippen molar-refractivity contribution in [1.29, 1.82) is 0 Å². The van der Waals surface area contributed by atoms with Crippen LogP contribution in [0.25, 0.3) is 0 Å². The molecule has 22 heavy (non-hydrogen) atoms. The number of unbranched alkanes of at least 4 members (excludes halogenated alkanes) is 1. The fourth-order valence-corrected chi connectivity index (χ4v) is 5.46. The monoisotopic (exact) mass is 338 g/mol. The Bertz CT molecular complexity index is 371. The van der Waals surface area contributed by atoms with Gasteiger partial charge in [-0.3, -0.25) is 0 Å². The molecule has 0 aromatic rings. The van der Waals surface area contributed by atoms with E-state index >= 15 is 0 Å². The van der Waals surface area contributed by atoms with Gasteiger partial charge in [0, 0.05) is 6.42 Å². The molecule has 0 fully saturated rings. The van der Waals surface area contributed by atoms with Gasteiger partial charge in [0.2, 0.25) is 0 Å². The quantitative estimate of drug-likeness (QED) is 0.366. The third kappa shape index (κ3) is 7.70. The van der Waals surface area contributed by atoms with Crippen LogP contribution in [0.2, 0.25) is 28.7 Å². The first kappa shape index (κ1) is 22.3. The zero-order chi connectivity index (χ0) is 17.4. The van der Waals surface area contributed by atoms with Crippen molar-refractivity contribution in [3.8, 4) is 10.7 Å². The van der Waals surface area contributed by atoms with Gasteiger partial charge in [-0.25, -0.2) is 4.78 Å². The largest absolute Gasteiger partial charge is 0.411 e. The highest BCUT2D eigenvalue weighted by atomic mass is 28.4. The summed E-state index contributed by atoms with van der Waals surface area (Å²) in [6, 6.07) is 0. The molecule has 0 saturated carbocycles. The van der Waals surface area contributed by atoms with Crippen molar-refractivity contribution < 1.29 is 4.43 Å². The summed E-state index contributed by atoms with van der Waals surface area (Å²) in [5.74, 6) is 3.52. The van der Waals surface area contributed by atoms with Gasteiger partial charge in [-0.1, -0.05) is 64.9 Å². The summed E-state index contributed by atoms with van der Waals surface area (Å²) in [5.41, 5.74) is -0.0631. The van der Waals surface area contributed by atoms with E-state index in [1.807, 2.05) is 0 Å². The van der Waals surface area contributed by atoms with Crippen molar-refractivity contribution in [3.63, 3.8) is 0 Å². The van der Waals surface area contributed by atoms with E-state index in [0.717, 1.165) is 12.8 Å². The predicted molar refractivity (Wildman–Crippen MR) is 105 cm³/mol. The van der Waals surface area contributed by atoms with Crippen molar-refractivity contribution in [2.24, 2.45) is 0 Å². The summed E-state index contributed by atoms with van der Waals surface area (Å²) in [5, 5.41) is 2.84. The maximum atomic E-state index is 6.79. The van der Waals surface area contributed by atoms with Crippen LogP contribution in [0.1, 0.15) is 74.1 Å². The summed E-state index contributed by atoms with van der Waals surface area (Å²) < 4.78 is 6.79. The molecule has 0 radical (unpaired) electrons. The van der Waals surface area contributed by atoms with Crippen LogP contribution in [-0.2, 0) is 4.43 Å². The Balaban J connectivity index is 5.08. The van der Waals surface area contributed by atoms with Crippen LogP contribution in [0.5, 0.6) is 0 Å². The second-order valence-corrected chi connectivity index (χ2v) is 16.5. The molecule has 0 aliphatic carbocycles. The lowest BCUT2D eigenvalue weighted by Gasteiger charge is -2.44. The van der Waals surface area contributed by atoms with Gasteiger partial charge in [0.05, 0.1) is 5.60 Å². The van der Waals surface area contributed by atoms with E-state index in [-0.39, 0.29) is 10.6 Å². The minimum Gasteiger partial charge on any atom is -0.411 e. The predicted octanol–water partition coefficient (Wildman–Crippen LogP) is 6.42. The van der Waals surface area contributed by atoms with Crippen molar-refractivity contribution >= 4 is 22.5 Å². The Kier molecular flexibility index (Phi) is 9.65. The van der Waals surface area contributed by atoms with Gasteiger partial charge in [-0.05, 0) is 31.5 Å². The lowest BCUT2D eigenvalue weighted by Crippen LogP contribution is -2.48. The number of hydrogen-bond acceptors (Lipinski definition) is 1. The van der Waals surface area contributed by atoms with Crippen molar-refractivity contribution in [1.82, 2.24) is 0 Å². The molecule has 128 valence electrons. The van der Waals surface area contributed by atoms with Crippen LogP contribution in [0, 0.1) is 10.7 Å². The Morgan fingerprint density at radius 2 is 1.55 bits per heavy atom. The van der Waals surface area contributed by atoms with Gasteiger partial charge in [0.1, 0.15) is 0 Å². The van der Waals surface area contributed by atoms with Crippen LogP contribution in [0.15, 0.2) is 0 Å². The second-order valence-electron chi connectivity index (χ2n) is 8.43. The first-order chi connectivity index (χ1) is 10.0. The summed E-state index contributed by atoms with van der Waals surface area (Å²) in [4.78, 5) is 3.60. The van der Waals surface area contributed by atoms with E-state index in [2.05, 4.69) is 72.3 Å². The molecule has 0 aliphatic rings. The lowest BCUT2D eigenvalue weighted by atomic mass is 9.96. The number of hydrogen-bond donors (Lipinski definition) is 0. The Labute approximate surface area is 146 Å². The van der Waals surface area contributed by atoms with Crippen LogP contribution in [0.4, 0.5) is 0 Å². The fourth-order valence-electron chi connectivity index (χ4n) is 2.37. The summed E-state index contributed by atoms with van der Waals surface area (Å²) in [6.07, 6.45) is 4.50. The van der Waals surface area contributed by atoms with Crippen LogP contribution >= 0.6 is 0 Å². The average molecular weight is 339 g/mol. The van der Waals surface area contributed by atoms with Crippen molar-refractivity contribution in [2.75, 3.05) is 0 Å². The van der Waals surface area contributed by atoms with Gasteiger partial charge in [0.25, 0.3) is 0 Å². The Hall–Kier alpha value is 0.269. The molecule has 1 nitrogen and oxygen atoms in total. The van der Waals surface area contributed by atoms with E-state index in [9.17, 15) is 0 Å². The summed E-state index contributed by atoms with van der Waals surface area (Å²) in [7, 11) is -1.74. The fraction of sp³-hybridized carbons (Fsp3) is 0.895. The molecular weight excluding hydrogens is 299 g/mol. The average Bonchev–Trinajstić information content (AvgIpc) is 2.40. The van der Waals surface area contributed by atoms with E-state index in [0.29, 0.717) is 0 Å². The molecule has 0 heterocycles. The van der Waals surface area contributed by atoms with Crippen molar-refractivity contribution in [2.45, 2.75) is 108 Å². The van der Waals surface area contributed by atoms with Gasteiger partial charge >= 0.3 is 14.1 Å². The molecule has 1 unspecified atom stereocenters. The van der Waals surface area contributed by atoms with E-state index in [1.54, 1.807) is 0 Å². The minimum atomic E-state index is -1.74. The zero-order valence-corrected chi connectivity index (χ0v) is 18.9. The second kappa shape index (κ2) is 9.54. The SMILES string of the molecule is CCCCC(C)(CC#[C][Al]([CH2]C)[CH2]C)O[Si](C)(C)C(C)(C)C. The third-order valence-electron chi connectivity index (χ3n) is 5.12. The Morgan fingerprint density at radius 3 is 1.95 bits per heavy atom. The maximum absolute atomic E-state index is 6.79. The van der Waals surface area contributed by atoms with Crippen LogP contribution < -0.4 is 0 Å². The highest BCUT2D eigenvalue weighted by Crippen LogP contribution is 2.41. The minimum absolute atomic E-state index is 0.0631. The molecule has 0 saturated heterocycles. The standard InChI is InChI=1S/C15H29OSi.2C2H5.Al/c1-9-11-13-15(6,12-10-2)16-17(7,8)14(3,4)5;2*1-2;/h9,11-13H2,1,3-8H3;2*1H2,2H3;. The van der Waals surface area contributed by atoms with E-state index < -0.39 is 22.5 Å². The molecule has 0 aromatic carbocycles. The van der Waals surface area contributed by atoms with Crippen LogP contribution in [0.3, 0.4) is 0 Å². The van der Waals surface area contributed by atoms with Gasteiger partial charge < -0.3 is 4.43 Å². The molecule has 0 bridgehead atoms. The molecule has 0 aliphatic heterocycles. The molecule has 0 aromatic heterocycles. The molecule has 0 spiro atoms. The molecule has 3 heteroatoms. The third-order valence-corrected chi connectivity index (χ3v) is 12.3. The summed E-state index contributed by atoms with van der Waals surface area (Å²) >= 11 is -0.801. The van der Waals surface area contributed by atoms with Crippen LogP contribution in [-0.4, -0.2) is 28.1 Å². The highest BCUT2D eigenvalue weighted by molar-refractivity contribution is 6.74. The van der Waals surface area contributed by atoms with Gasteiger partial charge in [0.15, 0.2) is 8.32 Å². The molecule has 0 rings (SSSR count). The normalized spacial score (nSPS) is 15.0. The molecule has 1 atom stereocenters. The zero-order valence-electron chi connectivity index (χ0n) is 16.7. The first-order valence-electron chi connectivity index (χ1n) is 9.20. The molecular formula is C19H39AlOSi. The van der Waals surface area contributed by atoms with E-state index in [4.69, 9.17) is 4.43 Å². The lowest BCUT2D eigenvalue weighted by molar-refractivity contribution is 0.0657. The maximum Gasteiger partial charge on any atom is 0.375 e.